The number of benzene rings is 1. The third kappa shape index (κ3) is 4.45. The van der Waals surface area contributed by atoms with Crippen molar-refractivity contribution in [1.82, 2.24) is 9.21 Å². The maximum atomic E-state index is 12.9. The number of piperazine rings is 1. The Morgan fingerprint density at radius 2 is 1.85 bits per heavy atom. The molecule has 0 spiro atoms. The summed E-state index contributed by atoms with van der Waals surface area (Å²) in [6.45, 7) is 4.65. The number of carbonyl (C=O) groups excluding carboxylic acids is 1. The number of hydrogen-bond acceptors (Lipinski definition) is 5. The summed E-state index contributed by atoms with van der Waals surface area (Å²) in [5.41, 5.74) is 2.44. The average molecular weight is 381 g/mol. The number of carbonyl (C=O) groups is 1. The van der Waals surface area contributed by atoms with E-state index in [1.807, 2.05) is 17.0 Å². The minimum Gasteiger partial charge on any atom is -0.465 e. The lowest BCUT2D eigenvalue weighted by molar-refractivity contribution is -0.145. The predicted octanol–water partition coefficient (Wildman–Crippen LogP) is 1.82. The fourth-order valence-electron chi connectivity index (χ4n) is 3.54. The molecule has 1 aromatic rings. The molecule has 0 unspecified atom stereocenters. The van der Waals surface area contributed by atoms with Crippen LogP contribution in [0, 0.1) is 0 Å². The first kappa shape index (κ1) is 19.3. The molecule has 0 atom stereocenters. The highest BCUT2D eigenvalue weighted by Gasteiger charge is 2.30. The van der Waals surface area contributed by atoms with Crippen molar-refractivity contribution < 1.29 is 17.9 Å². The van der Waals surface area contributed by atoms with Gasteiger partial charge < -0.3 is 4.74 Å². The number of nitrogens with zero attached hydrogens (tertiary/aromatic N) is 2. The molecule has 0 aromatic heterocycles. The monoisotopic (exact) mass is 380 g/mol. The van der Waals surface area contributed by atoms with Gasteiger partial charge in [-0.2, -0.15) is 4.31 Å². The van der Waals surface area contributed by atoms with Crippen LogP contribution in [0.4, 0.5) is 0 Å². The fourth-order valence-corrected chi connectivity index (χ4v) is 5.02. The zero-order chi connectivity index (χ0) is 18.6. The van der Waals surface area contributed by atoms with E-state index >= 15 is 0 Å². The summed E-state index contributed by atoms with van der Waals surface area (Å²) >= 11 is 0. The van der Waals surface area contributed by atoms with Crippen LogP contribution in [0.1, 0.15) is 37.3 Å². The zero-order valence-corrected chi connectivity index (χ0v) is 16.3. The summed E-state index contributed by atoms with van der Waals surface area (Å²) in [5.74, 6) is -0.228. The van der Waals surface area contributed by atoms with Crippen molar-refractivity contribution in [2.75, 3.05) is 39.3 Å². The molecular formula is C19H28N2O4S. The summed E-state index contributed by atoms with van der Waals surface area (Å²) in [4.78, 5) is 14.2. The SMILES string of the molecule is CCCCOC(=O)CN1CCN(S(=O)(=O)c2ccc3c(c2)CCC3)CC1. The summed E-state index contributed by atoms with van der Waals surface area (Å²) < 4.78 is 32.5. The van der Waals surface area contributed by atoms with Gasteiger partial charge in [0.2, 0.25) is 10.0 Å². The van der Waals surface area contributed by atoms with Gasteiger partial charge in [0, 0.05) is 26.2 Å². The van der Waals surface area contributed by atoms with Crippen LogP contribution in [0.25, 0.3) is 0 Å². The Balaban J connectivity index is 1.54. The molecule has 1 aliphatic heterocycles. The maximum absolute atomic E-state index is 12.9. The van der Waals surface area contributed by atoms with Crippen molar-refractivity contribution >= 4 is 16.0 Å². The van der Waals surface area contributed by atoms with Crippen LogP contribution in [0.15, 0.2) is 23.1 Å². The molecule has 1 saturated heterocycles. The Kier molecular flexibility index (Phi) is 6.32. The van der Waals surface area contributed by atoms with Crippen LogP contribution in [-0.2, 0) is 32.4 Å². The van der Waals surface area contributed by atoms with E-state index in [0.29, 0.717) is 37.7 Å². The second-order valence-corrected chi connectivity index (χ2v) is 8.98. The largest absolute Gasteiger partial charge is 0.465 e. The molecule has 0 bridgehead atoms. The molecular weight excluding hydrogens is 352 g/mol. The molecule has 144 valence electrons. The molecule has 3 rings (SSSR count). The average Bonchev–Trinajstić information content (AvgIpc) is 3.10. The molecule has 1 aliphatic carbocycles. The molecule has 0 saturated carbocycles. The Morgan fingerprint density at radius 3 is 2.58 bits per heavy atom. The van der Waals surface area contributed by atoms with Gasteiger partial charge in [-0.05, 0) is 48.9 Å². The quantitative estimate of drug-likeness (QED) is 0.533. The van der Waals surface area contributed by atoms with E-state index < -0.39 is 10.0 Å². The lowest BCUT2D eigenvalue weighted by Gasteiger charge is -2.33. The number of ether oxygens (including phenoxy) is 1. The Hall–Kier alpha value is -1.44. The van der Waals surface area contributed by atoms with Gasteiger partial charge in [-0.25, -0.2) is 8.42 Å². The van der Waals surface area contributed by atoms with Gasteiger partial charge in [-0.3, -0.25) is 9.69 Å². The highest BCUT2D eigenvalue weighted by atomic mass is 32.2. The predicted molar refractivity (Wildman–Crippen MR) is 99.5 cm³/mol. The molecule has 26 heavy (non-hydrogen) atoms. The summed E-state index contributed by atoms with van der Waals surface area (Å²) in [7, 11) is -3.46. The molecule has 1 heterocycles. The van der Waals surface area contributed by atoms with Crippen molar-refractivity contribution in [1.29, 1.82) is 0 Å². The van der Waals surface area contributed by atoms with E-state index in [-0.39, 0.29) is 12.5 Å². The fraction of sp³-hybridized carbons (Fsp3) is 0.632. The van der Waals surface area contributed by atoms with Gasteiger partial charge in [0.1, 0.15) is 0 Å². The maximum Gasteiger partial charge on any atom is 0.320 e. The van der Waals surface area contributed by atoms with Gasteiger partial charge in [-0.15, -0.1) is 0 Å². The van der Waals surface area contributed by atoms with E-state index in [4.69, 9.17) is 4.74 Å². The molecule has 0 radical (unpaired) electrons. The van der Waals surface area contributed by atoms with Crippen molar-refractivity contribution in [2.24, 2.45) is 0 Å². The molecule has 7 heteroatoms. The minimum absolute atomic E-state index is 0.228. The lowest BCUT2D eigenvalue weighted by atomic mass is 10.1. The van der Waals surface area contributed by atoms with Crippen LogP contribution in [0.2, 0.25) is 0 Å². The number of sulfonamides is 1. The first-order valence-corrected chi connectivity index (χ1v) is 10.9. The van der Waals surface area contributed by atoms with Crippen LogP contribution >= 0.6 is 0 Å². The van der Waals surface area contributed by atoms with E-state index in [9.17, 15) is 13.2 Å². The van der Waals surface area contributed by atoms with E-state index in [1.165, 1.54) is 15.4 Å². The van der Waals surface area contributed by atoms with Crippen molar-refractivity contribution in [3.63, 3.8) is 0 Å². The highest BCUT2D eigenvalue weighted by molar-refractivity contribution is 7.89. The zero-order valence-electron chi connectivity index (χ0n) is 15.4. The summed E-state index contributed by atoms with van der Waals surface area (Å²) in [6, 6.07) is 5.53. The van der Waals surface area contributed by atoms with Crippen molar-refractivity contribution in [2.45, 2.75) is 43.9 Å². The number of esters is 1. The van der Waals surface area contributed by atoms with Crippen molar-refractivity contribution in [3.05, 3.63) is 29.3 Å². The van der Waals surface area contributed by atoms with Crippen LogP contribution in [0.5, 0.6) is 0 Å². The second-order valence-electron chi connectivity index (χ2n) is 7.04. The van der Waals surface area contributed by atoms with Gasteiger partial charge in [0.15, 0.2) is 0 Å². The Morgan fingerprint density at radius 1 is 1.12 bits per heavy atom. The van der Waals surface area contributed by atoms with Gasteiger partial charge in [-0.1, -0.05) is 19.4 Å². The number of fused-ring (bicyclic) bond motifs is 1. The van der Waals surface area contributed by atoms with Gasteiger partial charge >= 0.3 is 5.97 Å². The number of unbranched alkanes of at least 4 members (excludes halogenated alkanes) is 1. The first-order valence-electron chi connectivity index (χ1n) is 9.50. The minimum atomic E-state index is -3.46. The molecule has 6 nitrogen and oxygen atoms in total. The van der Waals surface area contributed by atoms with Crippen LogP contribution in [0.3, 0.4) is 0 Å². The van der Waals surface area contributed by atoms with E-state index in [2.05, 4.69) is 6.92 Å². The third-order valence-corrected chi connectivity index (χ3v) is 7.05. The van der Waals surface area contributed by atoms with Crippen LogP contribution < -0.4 is 0 Å². The van der Waals surface area contributed by atoms with Gasteiger partial charge in [0.05, 0.1) is 18.0 Å². The van der Waals surface area contributed by atoms with E-state index in [1.54, 1.807) is 6.07 Å². The van der Waals surface area contributed by atoms with Crippen molar-refractivity contribution in [3.8, 4) is 0 Å². The lowest BCUT2D eigenvalue weighted by Crippen LogP contribution is -2.50. The molecule has 2 aliphatic rings. The Labute approximate surface area is 156 Å². The van der Waals surface area contributed by atoms with E-state index in [0.717, 1.165) is 32.1 Å². The Bertz CT molecular complexity index is 740. The summed E-state index contributed by atoms with van der Waals surface area (Å²) in [5, 5.41) is 0. The smallest absolute Gasteiger partial charge is 0.320 e. The first-order chi connectivity index (χ1) is 12.5. The van der Waals surface area contributed by atoms with Crippen LogP contribution in [-0.4, -0.2) is 62.9 Å². The highest BCUT2D eigenvalue weighted by Crippen LogP contribution is 2.26. The summed E-state index contributed by atoms with van der Waals surface area (Å²) in [6.07, 6.45) is 4.98. The molecule has 1 fully saturated rings. The molecule has 0 N–H and O–H groups in total. The third-order valence-electron chi connectivity index (χ3n) is 5.15. The number of rotatable bonds is 7. The normalized spacial score (nSPS) is 18.7. The van der Waals surface area contributed by atoms with Gasteiger partial charge in [0.25, 0.3) is 0 Å². The standard InChI is InChI=1S/C19H28N2O4S/c1-2-3-13-25-19(22)15-20-9-11-21(12-10-20)26(23,24)18-8-7-16-5-4-6-17(16)14-18/h7-8,14H,2-6,9-13,15H2,1H3. The molecule has 0 amide bonds. The second kappa shape index (κ2) is 8.50. The number of hydrogen-bond donors (Lipinski definition) is 0. The molecule has 1 aromatic carbocycles. The topological polar surface area (TPSA) is 66.9 Å². The number of aryl methyl sites for hydroxylation is 2.